The Morgan fingerprint density at radius 2 is 1.72 bits per heavy atom. The normalized spacial score (nSPS) is 16.0. The lowest BCUT2D eigenvalue weighted by Gasteiger charge is -2.32. The summed E-state index contributed by atoms with van der Waals surface area (Å²) < 4.78 is 11.0. The third-order valence-electron chi connectivity index (χ3n) is 6.76. The molecule has 2 N–H and O–H groups in total. The molecule has 1 aliphatic carbocycles. The molecule has 0 heterocycles. The van der Waals surface area contributed by atoms with Crippen molar-refractivity contribution in [2.75, 3.05) is 13.2 Å². The first-order valence-corrected chi connectivity index (χ1v) is 13.1. The monoisotopic (exact) mass is 557 g/mol. The molecule has 5 nitrogen and oxygen atoms in total. The molecule has 200 valence electrons. The number of aliphatic hydroxyl groups is 1. The molecule has 0 fully saturated rings. The lowest BCUT2D eigenvalue weighted by Crippen LogP contribution is -2.48. The summed E-state index contributed by atoms with van der Waals surface area (Å²) in [6.45, 7) is 10.3. The van der Waals surface area contributed by atoms with E-state index in [1.54, 1.807) is 32.9 Å². The number of carbonyl (C=O) groups is 1. The highest BCUT2D eigenvalue weighted by atomic mass is 35.5. The summed E-state index contributed by atoms with van der Waals surface area (Å²) in [5, 5.41) is 14.7. The second-order valence-electron chi connectivity index (χ2n) is 10.2. The van der Waals surface area contributed by atoms with Gasteiger partial charge < -0.3 is 19.9 Å². The summed E-state index contributed by atoms with van der Waals surface area (Å²) in [5.41, 5.74) is 3.36. The molecule has 8 heteroatoms. The molecule has 0 bridgehead atoms. The predicted molar refractivity (Wildman–Crippen MR) is 149 cm³/mol. The van der Waals surface area contributed by atoms with Crippen molar-refractivity contribution < 1.29 is 19.4 Å². The largest absolute Gasteiger partial charge is 0.486 e. The van der Waals surface area contributed by atoms with Gasteiger partial charge >= 0.3 is 5.97 Å². The van der Waals surface area contributed by atoms with Crippen LogP contribution in [0.3, 0.4) is 0 Å². The SMILES string of the molecule is CCOC(=O)C(C)c1ccc(O[C@H](C)[C@H](O)CNC(C)(C)CC2Cc3ccccc3C2)c(Cl)c1Cl.Cl. The lowest BCUT2D eigenvalue weighted by molar-refractivity contribution is -0.144. The van der Waals surface area contributed by atoms with E-state index in [1.807, 2.05) is 0 Å². The third-order valence-corrected chi connectivity index (χ3v) is 7.64. The molecule has 3 rings (SSSR count). The van der Waals surface area contributed by atoms with E-state index in [4.69, 9.17) is 32.7 Å². The van der Waals surface area contributed by atoms with Crippen molar-refractivity contribution in [1.29, 1.82) is 0 Å². The van der Waals surface area contributed by atoms with E-state index >= 15 is 0 Å². The zero-order chi connectivity index (χ0) is 25.8. The van der Waals surface area contributed by atoms with Gasteiger partial charge in [-0.2, -0.15) is 0 Å². The quantitative estimate of drug-likeness (QED) is 0.313. The lowest BCUT2D eigenvalue weighted by atomic mass is 9.88. The number of aliphatic hydroxyl groups excluding tert-OH is 1. The van der Waals surface area contributed by atoms with Gasteiger partial charge in [0.1, 0.15) is 23.0 Å². The highest BCUT2D eigenvalue weighted by Crippen LogP contribution is 2.39. The molecule has 1 unspecified atom stereocenters. The first-order valence-electron chi connectivity index (χ1n) is 12.3. The minimum absolute atomic E-state index is 0. The highest BCUT2D eigenvalue weighted by Gasteiger charge is 2.29. The molecular weight excluding hydrogens is 521 g/mol. The second-order valence-corrected chi connectivity index (χ2v) is 10.9. The number of benzene rings is 2. The van der Waals surface area contributed by atoms with Gasteiger partial charge in [0.05, 0.1) is 17.5 Å². The van der Waals surface area contributed by atoms with Crippen LogP contribution in [0.4, 0.5) is 0 Å². The Balaban J connectivity index is 0.00000456. The summed E-state index contributed by atoms with van der Waals surface area (Å²) in [6, 6.07) is 12.1. The average molecular weight is 559 g/mol. The van der Waals surface area contributed by atoms with Gasteiger partial charge in [-0.25, -0.2) is 0 Å². The van der Waals surface area contributed by atoms with Crippen molar-refractivity contribution in [2.45, 2.75) is 77.5 Å². The van der Waals surface area contributed by atoms with E-state index in [2.05, 4.69) is 43.4 Å². The summed E-state index contributed by atoms with van der Waals surface area (Å²) >= 11 is 12.9. The standard InChI is InChI=1S/C28H37Cl2NO4.ClH/c1-6-34-27(33)17(2)22-11-12-24(26(30)25(22)29)35-18(3)23(32)16-31-28(4,5)15-19-13-20-9-7-8-10-21(20)14-19;/h7-12,17-19,23,31-32H,6,13-16H2,1-5H3;1H/t17?,18-,23-;/m1./s1. The second kappa shape index (κ2) is 13.3. The molecule has 0 spiro atoms. The average Bonchev–Trinajstić information content (AvgIpc) is 3.21. The molecule has 36 heavy (non-hydrogen) atoms. The van der Waals surface area contributed by atoms with Gasteiger partial charge in [0.15, 0.2) is 0 Å². The first kappa shape index (κ1) is 30.7. The summed E-state index contributed by atoms with van der Waals surface area (Å²) in [6.07, 6.45) is 1.96. The van der Waals surface area contributed by atoms with Crippen LogP contribution >= 0.6 is 35.6 Å². The number of fused-ring (bicyclic) bond motifs is 1. The summed E-state index contributed by atoms with van der Waals surface area (Å²) in [5.74, 6) is 0.0531. The molecule has 0 aliphatic heterocycles. The molecule has 0 saturated carbocycles. The van der Waals surface area contributed by atoms with Crippen molar-refractivity contribution in [3.63, 3.8) is 0 Å². The van der Waals surface area contributed by atoms with Crippen molar-refractivity contribution >= 4 is 41.6 Å². The number of hydrogen-bond donors (Lipinski definition) is 2. The molecule has 0 aromatic heterocycles. The van der Waals surface area contributed by atoms with E-state index in [9.17, 15) is 9.90 Å². The number of halogens is 3. The number of carbonyl (C=O) groups excluding carboxylic acids is 1. The Morgan fingerprint density at radius 3 is 2.31 bits per heavy atom. The van der Waals surface area contributed by atoms with E-state index in [-0.39, 0.29) is 34.0 Å². The Labute approximate surface area is 231 Å². The summed E-state index contributed by atoms with van der Waals surface area (Å²) in [4.78, 5) is 12.1. The van der Waals surface area contributed by atoms with E-state index in [0.29, 0.717) is 30.4 Å². The summed E-state index contributed by atoms with van der Waals surface area (Å²) in [7, 11) is 0. The Bertz CT molecular complexity index is 1000. The molecule has 2 aromatic carbocycles. The van der Waals surface area contributed by atoms with Crippen LogP contribution in [0.2, 0.25) is 10.0 Å². The van der Waals surface area contributed by atoms with Crippen LogP contribution in [-0.4, -0.2) is 42.0 Å². The van der Waals surface area contributed by atoms with Crippen LogP contribution in [0.25, 0.3) is 0 Å². The molecule has 1 aliphatic rings. The van der Waals surface area contributed by atoms with Gasteiger partial charge in [-0.1, -0.05) is 53.5 Å². The topological polar surface area (TPSA) is 67.8 Å². The highest BCUT2D eigenvalue weighted by molar-refractivity contribution is 6.43. The van der Waals surface area contributed by atoms with Crippen molar-refractivity contribution in [1.82, 2.24) is 5.32 Å². The van der Waals surface area contributed by atoms with E-state index in [1.165, 1.54) is 11.1 Å². The van der Waals surface area contributed by atoms with Crippen molar-refractivity contribution in [3.05, 3.63) is 63.1 Å². The fourth-order valence-electron chi connectivity index (χ4n) is 4.78. The van der Waals surface area contributed by atoms with Crippen molar-refractivity contribution in [2.24, 2.45) is 5.92 Å². The minimum atomic E-state index is -0.747. The molecule has 3 atom stereocenters. The van der Waals surface area contributed by atoms with Gasteiger partial charge in [-0.3, -0.25) is 4.79 Å². The number of nitrogens with one attached hydrogen (secondary N) is 1. The first-order chi connectivity index (χ1) is 16.5. The molecule has 0 amide bonds. The molecule has 0 radical (unpaired) electrons. The van der Waals surface area contributed by atoms with E-state index in [0.717, 1.165) is 19.3 Å². The minimum Gasteiger partial charge on any atom is -0.486 e. The molecule has 2 aromatic rings. The Kier molecular flexibility index (Phi) is 11.4. The van der Waals surface area contributed by atoms with Crippen LogP contribution < -0.4 is 10.1 Å². The zero-order valence-electron chi connectivity index (χ0n) is 21.6. The maximum Gasteiger partial charge on any atom is 0.313 e. The Morgan fingerprint density at radius 1 is 1.11 bits per heavy atom. The van der Waals surface area contributed by atoms with Gasteiger partial charge in [0.25, 0.3) is 0 Å². The predicted octanol–water partition coefficient (Wildman–Crippen LogP) is 6.38. The van der Waals surface area contributed by atoms with E-state index < -0.39 is 18.1 Å². The number of esters is 1. The molecular formula is C28H38Cl3NO4. The molecule has 0 saturated heterocycles. The number of rotatable bonds is 11. The number of β-amino-alcohol motifs (C(OH)–C–C–N with tert-alkyl or cyclic N) is 1. The van der Waals surface area contributed by atoms with Crippen LogP contribution in [0.15, 0.2) is 36.4 Å². The smallest absolute Gasteiger partial charge is 0.313 e. The fourth-order valence-corrected chi connectivity index (χ4v) is 5.32. The van der Waals surface area contributed by atoms with Crippen LogP contribution in [0.1, 0.15) is 63.6 Å². The van der Waals surface area contributed by atoms with Crippen LogP contribution in [-0.2, 0) is 22.4 Å². The fraction of sp³-hybridized carbons (Fsp3) is 0.536. The van der Waals surface area contributed by atoms with Gasteiger partial charge in [-0.05, 0) is 82.6 Å². The Hall–Kier alpha value is -1.50. The maximum atomic E-state index is 12.1. The number of hydrogen-bond acceptors (Lipinski definition) is 5. The number of ether oxygens (including phenoxy) is 2. The van der Waals surface area contributed by atoms with Crippen LogP contribution in [0.5, 0.6) is 5.75 Å². The maximum absolute atomic E-state index is 12.1. The third kappa shape index (κ3) is 7.75. The van der Waals surface area contributed by atoms with Gasteiger partial charge in [0.2, 0.25) is 0 Å². The van der Waals surface area contributed by atoms with Crippen LogP contribution in [0, 0.1) is 5.92 Å². The van der Waals surface area contributed by atoms with Gasteiger partial charge in [-0.15, -0.1) is 12.4 Å². The zero-order valence-corrected chi connectivity index (χ0v) is 24.0. The van der Waals surface area contributed by atoms with Crippen molar-refractivity contribution in [3.8, 4) is 5.75 Å². The van der Waals surface area contributed by atoms with Gasteiger partial charge in [0, 0.05) is 12.1 Å².